The molecule has 0 bridgehead atoms. The van der Waals surface area contributed by atoms with Crippen LogP contribution in [0.5, 0.6) is 0 Å². The first-order valence-corrected chi connectivity index (χ1v) is 10.3. The molecule has 0 aliphatic carbocycles. The standard InChI is InChI=1S/C16H23ClN4O3S.HI/c1-18-16(21-14-8-10-25(23,24)11-14)19-9-2-3-15(22)20-13-6-4-12(17)5-7-13;/h4-7,14H,2-3,8-11H2,1H3,(H,20,22)(H2,18,19,21);1H. The van der Waals surface area contributed by atoms with Crippen LogP contribution < -0.4 is 16.0 Å². The number of carbonyl (C=O) groups is 1. The molecule has 1 fully saturated rings. The van der Waals surface area contributed by atoms with Crippen molar-refractivity contribution in [2.45, 2.75) is 25.3 Å². The molecule has 1 amide bonds. The molecule has 1 aliphatic heterocycles. The first-order chi connectivity index (χ1) is 11.9. The second kappa shape index (κ2) is 10.9. The minimum Gasteiger partial charge on any atom is -0.356 e. The van der Waals surface area contributed by atoms with Crippen molar-refractivity contribution >= 4 is 63.0 Å². The van der Waals surface area contributed by atoms with Gasteiger partial charge in [-0.25, -0.2) is 8.42 Å². The number of anilines is 1. The summed E-state index contributed by atoms with van der Waals surface area (Å²) >= 11 is 5.80. The number of benzene rings is 1. The van der Waals surface area contributed by atoms with Gasteiger partial charge in [-0.15, -0.1) is 24.0 Å². The molecule has 1 heterocycles. The summed E-state index contributed by atoms with van der Waals surface area (Å²) in [6, 6.07) is 6.83. The number of amides is 1. The number of halogens is 2. The molecule has 26 heavy (non-hydrogen) atoms. The summed E-state index contributed by atoms with van der Waals surface area (Å²) in [6.45, 7) is 0.563. The number of rotatable bonds is 6. The zero-order valence-electron chi connectivity index (χ0n) is 14.5. The molecule has 146 valence electrons. The van der Waals surface area contributed by atoms with Crippen LogP contribution in [0.4, 0.5) is 5.69 Å². The third kappa shape index (κ3) is 8.09. The van der Waals surface area contributed by atoms with Gasteiger partial charge in [0.15, 0.2) is 15.8 Å². The fourth-order valence-corrected chi connectivity index (χ4v) is 4.31. The van der Waals surface area contributed by atoms with Gasteiger partial charge in [-0.3, -0.25) is 9.79 Å². The summed E-state index contributed by atoms with van der Waals surface area (Å²) in [6.07, 6.45) is 1.58. The van der Waals surface area contributed by atoms with Crippen LogP contribution in [0.3, 0.4) is 0 Å². The van der Waals surface area contributed by atoms with E-state index in [0.29, 0.717) is 42.5 Å². The minimum atomic E-state index is -2.92. The van der Waals surface area contributed by atoms with Gasteiger partial charge >= 0.3 is 0 Å². The number of hydrogen-bond acceptors (Lipinski definition) is 4. The van der Waals surface area contributed by atoms with Crippen LogP contribution in [-0.4, -0.2) is 51.4 Å². The van der Waals surface area contributed by atoms with Gasteiger partial charge in [0.25, 0.3) is 0 Å². The number of nitrogens with zero attached hydrogens (tertiary/aromatic N) is 1. The molecule has 1 aliphatic rings. The van der Waals surface area contributed by atoms with Gasteiger partial charge in [-0.1, -0.05) is 11.6 Å². The number of aliphatic imine (C=N–C) groups is 1. The van der Waals surface area contributed by atoms with Crippen LogP contribution >= 0.6 is 35.6 Å². The topological polar surface area (TPSA) is 99.7 Å². The van der Waals surface area contributed by atoms with E-state index in [-0.39, 0.29) is 47.4 Å². The second-order valence-electron chi connectivity index (χ2n) is 5.90. The normalized spacial score (nSPS) is 18.7. The summed E-state index contributed by atoms with van der Waals surface area (Å²) in [7, 11) is -1.29. The van der Waals surface area contributed by atoms with E-state index in [9.17, 15) is 13.2 Å². The first kappa shape index (κ1) is 23.0. The van der Waals surface area contributed by atoms with Crippen molar-refractivity contribution in [3.8, 4) is 0 Å². The Balaban J connectivity index is 0.00000338. The lowest BCUT2D eigenvalue weighted by Gasteiger charge is -2.16. The van der Waals surface area contributed by atoms with E-state index in [2.05, 4.69) is 20.9 Å². The maximum Gasteiger partial charge on any atom is 0.224 e. The predicted octanol–water partition coefficient (Wildman–Crippen LogP) is 2.03. The molecule has 1 aromatic carbocycles. The van der Waals surface area contributed by atoms with E-state index in [1.807, 2.05) is 0 Å². The molecule has 2 rings (SSSR count). The molecule has 1 aromatic rings. The third-order valence-electron chi connectivity index (χ3n) is 3.80. The van der Waals surface area contributed by atoms with E-state index in [4.69, 9.17) is 11.6 Å². The minimum absolute atomic E-state index is 0. The smallest absolute Gasteiger partial charge is 0.224 e. The quantitative estimate of drug-likeness (QED) is 0.233. The Morgan fingerprint density at radius 1 is 1.31 bits per heavy atom. The summed E-state index contributed by atoms with van der Waals surface area (Å²) in [5.41, 5.74) is 0.710. The van der Waals surface area contributed by atoms with Crippen LogP contribution in [0.15, 0.2) is 29.3 Å². The van der Waals surface area contributed by atoms with E-state index in [0.717, 1.165) is 0 Å². The first-order valence-electron chi connectivity index (χ1n) is 8.11. The Labute approximate surface area is 176 Å². The van der Waals surface area contributed by atoms with Crippen molar-refractivity contribution in [1.29, 1.82) is 0 Å². The number of guanidine groups is 1. The lowest BCUT2D eigenvalue weighted by atomic mass is 10.2. The molecule has 7 nitrogen and oxygen atoms in total. The van der Waals surface area contributed by atoms with E-state index in [1.165, 1.54) is 0 Å². The van der Waals surface area contributed by atoms with Gasteiger partial charge < -0.3 is 16.0 Å². The van der Waals surface area contributed by atoms with Gasteiger partial charge in [-0.2, -0.15) is 0 Å². The molecule has 1 saturated heterocycles. The average Bonchev–Trinajstić information content (AvgIpc) is 2.91. The largest absolute Gasteiger partial charge is 0.356 e. The fraction of sp³-hybridized carbons (Fsp3) is 0.500. The van der Waals surface area contributed by atoms with Crippen LogP contribution in [0.2, 0.25) is 5.02 Å². The van der Waals surface area contributed by atoms with E-state index < -0.39 is 9.84 Å². The Bertz CT molecular complexity index is 726. The molecule has 10 heteroatoms. The maximum atomic E-state index is 11.9. The molecular weight excluding hydrogens is 491 g/mol. The monoisotopic (exact) mass is 514 g/mol. The lowest BCUT2D eigenvalue weighted by molar-refractivity contribution is -0.116. The average molecular weight is 515 g/mol. The zero-order valence-corrected chi connectivity index (χ0v) is 18.4. The number of sulfone groups is 1. The maximum absolute atomic E-state index is 11.9. The highest BCUT2D eigenvalue weighted by Crippen LogP contribution is 2.13. The van der Waals surface area contributed by atoms with Gasteiger partial charge in [0, 0.05) is 36.8 Å². The number of hydrogen-bond donors (Lipinski definition) is 3. The van der Waals surface area contributed by atoms with Crippen LogP contribution in [-0.2, 0) is 14.6 Å². The van der Waals surface area contributed by atoms with Crippen molar-refractivity contribution in [1.82, 2.24) is 10.6 Å². The Morgan fingerprint density at radius 3 is 2.58 bits per heavy atom. The molecular formula is C16H24ClIN4O3S. The highest BCUT2D eigenvalue weighted by atomic mass is 127. The molecule has 0 saturated carbocycles. The Hall–Kier alpha value is -1.07. The molecule has 3 N–H and O–H groups in total. The zero-order chi connectivity index (χ0) is 18.3. The van der Waals surface area contributed by atoms with Crippen LogP contribution in [0, 0.1) is 0 Å². The Kier molecular flexibility index (Phi) is 9.66. The second-order valence-corrected chi connectivity index (χ2v) is 8.57. The predicted molar refractivity (Wildman–Crippen MR) is 116 cm³/mol. The summed E-state index contributed by atoms with van der Waals surface area (Å²) in [4.78, 5) is 16.0. The van der Waals surface area contributed by atoms with Crippen molar-refractivity contribution in [2.75, 3.05) is 30.4 Å². The molecule has 1 unspecified atom stereocenters. The van der Waals surface area contributed by atoms with Crippen molar-refractivity contribution in [2.24, 2.45) is 4.99 Å². The van der Waals surface area contributed by atoms with Gasteiger partial charge in [0.2, 0.25) is 5.91 Å². The summed E-state index contributed by atoms with van der Waals surface area (Å²) < 4.78 is 22.9. The Morgan fingerprint density at radius 2 is 2.00 bits per heavy atom. The highest BCUT2D eigenvalue weighted by molar-refractivity contribution is 14.0. The summed E-state index contributed by atoms with van der Waals surface area (Å²) in [5.74, 6) is 0.832. The van der Waals surface area contributed by atoms with E-state index in [1.54, 1.807) is 31.3 Å². The van der Waals surface area contributed by atoms with Crippen LogP contribution in [0.1, 0.15) is 19.3 Å². The van der Waals surface area contributed by atoms with Gasteiger partial charge in [0.1, 0.15) is 0 Å². The SMILES string of the molecule is CN=C(NCCCC(=O)Nc1ccc(Cl)cc1)NC1CCS(=O)(=O)C1.I. The molecule has 0 spiro atoms. The number of carbonyl (C=O) groups excluding carboxylic acids is 1. The highest BCUT2D eigenvalue weighted by Gasteiger charge is 2.28. The summed E-state index contributed by atoms with van der Waals surface area (Å²) in [5, 5.41) is 9.62. The third-order valence-corrected chi connectivity index (χ3v) is 5.82. The van der Waals surface area contributed by atoms with Crippen LogP contribution in [0.25, 0.3) is 0 Å². The number of nitrogens with one attached hydrogen (secondary N) is 3. The van der Waals surface area contributed by atoms with E-state index >= 15 is 0 Å². The van der Waals surface area contributed by atoms with Crippen molar-refractivity contribution in [3.05, 3.63) is 29.3 Å². The van der Waals surface area contributed by atoms with Crippen molar-refractivity contribution in [3.63, 3.8) is 0 Å². The molecule has 0 radical (unpaired) electrons. The van der Waals surface area contributed by atoms with Gasteiger partial charge in [-0.05, 0) is 37.1 Å². The van der Waals surface area contributed by atoms with Crippen molar-refractivity contribution < 1.29 is 13.2 Å². The molecule has 0 aromatic heterocycles. The fourth-order valence-electron chi connectivity index (χ4n) is 2.51. The lowest BCUT2D eigenvalue weighted by Crippen LogP contribution is -2.44. The molecule has 1 atom stereocenters. The van der Waals surface area contributed by atoms with Gasteiger partial charge in [0.05, 0.1) is 11.5 Å².